The molecule has 6 rings (SSSR count). The molecule has 49 heavy (non-hydrogen) atoms. The summed E-state index contributed by atoms with van der Waals surface area (Å²) in [4.78, 5) is 2.78. The van der Waals surface area contributed by atoms with Gasteiger partial charge in [0.2, 0.25) is 5.36 Å². The minimum atomic E-state index is -5.01. The molecule has 0 saturated heterocycles. The zero-order valence-electron chi connectivity index (χ0n) is 25.5. The molecule has 0 radical (unpaired) electrons. The first-order valence-corrected chi connectivity index (χ1v) is 20.1. The van der Waals surface area contributed by atoms with Gasteiger partial charge in [-0.15, -0.1) is 0 Å². The van der Waals surface area contributed by atoms with Crippen LogP contribution in [0.2, 0.25) is 0 Å². The summed E-state index contributed by atoms with van der Waals surface area (Å²) in [7, 11) is -18.9. The molecular formula is C29H28N3O13S4+. The van der Waals surface area contributed by atoms with Crippen molar-refractivity contribution in [1.82, 2.24) is 4.58 Å². The topological polar surface area (TPSA) is 268 Å². The number of hydrogen-bond donors (Lipinski definition) is 5. The molecule has 6 N–H and O–H groups in total. The van der Waals surface area contributed by atoms with Crippen LogP contribution < -0.4 is 25.8 Å². The molecule has 0 aliphatic carbocycles. The van der Waals surface area contributed by atoms with Crippen LogP contribution in [0.4, 0.5) is 11.4 Å². The number of nitrogens with two attached hydrogens (primary N) is 1. The Morgan fingerprint density at radius 2 is 1.45 bits per heavy atom. The lowest BCUT2D eigenvalue weighted by molar-refractivity contribution is 0.259. The second kappa shape index (κ2) is 11.3. The van der Waals surface area contributed by atoms with Gasteiger partial charge in [-0.2, -0.15) is 33.7 Å². The van der Waals surface area contributed by atoms with Crippen LogP contribution in [0.25, 0.3) is 10.8 Å². The predicted octanol–water partition coefficient (Wildman–Crippen LogP) is 2.06. The zero-order chi connectivity index (χ0) is 36.1. The van der Waals surface area contributed by atoms with Crippen LogP contribution in [0.15, 0.2) is 74.3 Å². The van der Waals surface area contributed by atoms with Crippen molar-refractivity contribution < 1.29 is 56.6 Å². The Morgan fingerprint density at radius 1 is 0.816 bits per heavy atom. The molecule has 0 bridgehead atoms. The van der Waals surface area contributed by atoms with Crippen LogP contribution in [-0.4, -0.2) is 63.2 Å². The van der Waals surface area contributed by atoms with Crippen molar-refractivity contribution in [3.8, 4) is 11.5 Å². The summed E-state index contributed by atoms with van der Waals surface area (Å²) >= 11 is 0. The lowest BCUT2D eigenvalue weighted by Gasteiger charge is -2.33. The molecule has 1 atom stereocenters. The first-order valence-electron chi connectivity index (χ1n) is 14.1. The number of rotatable bonds is 7. The van der Waals surface area contributed by atoms with Crippen molar-refractivity contribution in [2.75, 3.05) is 11.5 Å². The fraction of sp³-hybridized carbons (Fsp3) is 0.241. The van der Waals surface area contributed by atoms with E-state index in [1.165, 1.54) is 30.3 Å². The van der Waals surface area contributed by atoms with Gasteiger partial charge in [0.1, 0.15) is 15.9 Å². The molecule has 2 aliphatic heterocycles. The Hall–Kier alpha value is -4.02. The number of hydrogen-bond acceptors (Lipinski definition) is 11. The van der Waals surface area contributed by atoms with Gasteiger partial charge in [-0.1, -0.05) is 6.07 Å². The maximum absolute atomic E-state index is 12.4. The van der Waals surface area contributed by atoms with Crippen molar-refractivity contribution in [3.63, 3.8) is 0 Å². The molecule has 0 saturated carbocycles. The molecule has 2 heterocycles. The number of ether oxygens (including phenoxy) is 1. The van der Waals surface area contributed by atoms with Crippen molar-refractivity contribution in [3.05, 3.63) is 76.4 Å². The highest BCUT2D eigenvalue weighted by atomic mass is 32.2. The van der Waals surface area contributed by atoms with Gasteiger partial charge >= 0.3 is 0 Å². The van der Waals surface area contributed by atoms with Gasteiger partial charge in [0, 0.05) is 46.0 Å². The summed E-state index contributed by atoms with van der Waals surface area (Å²) < 4.78 is 143. The van der Waals surface area contributed by atoms with Gasteiger partial charge in [0.15, 0.2) is 23.6 Å². The Labute approximate surface area is 280 Å². The highest BCUT2D eigenvalue weighted by Gasteiger charge is 2.43. The second-order valence-electron chi connectivity index (χ2n) is 12.4. The van der Waals surface area contributed by atoms with E-state index < -0.39 is 72.4 Å². The third-order valence-electron chi connectivity index (χ3n) is 8.50. The van der Waals surface area contributed by atoms with Crippen molar-refractivity contribution in [2.45, 2.75) is 53.0 Å². The van der Waals surface area contributed by atoms with Gasteiger partial charge in [-0.05, 0) is 50.2 Å². The van der Waals surface area contributed by atoms with Crippen LogP contribution in [0, 0.1) is 0 Å². The fourth-order valence-electron chi connectivity index (χ4n) is 6.37. The highest BCUT2D eigenvalue weighted by molar-refractivity contribution is 7.87. The second-order valence-corrected chi connectivity index (χ2v) is 18.1. The number of nitrogen functional groups attached to an aromatic ring is 1. The molecule has 2 aliphatic rings. The molecular weight excluding hydrogens is 727 g/mol. The summed E-state index contributed by atoms with van der Waals surface area (Å²) in [6.45, 7) is 3.21. The number of fused-ring (bicyclic) bond motifs is 5. The van der Waals surface area contributed by atoms with Crippen LogP contribution in [0.5, 0.6) is 11.5 Å². The van der Waals surface area contributed by atoms with Crippen molar-refractivity contribution in [1.29, 1.82) is 0 Å². The standard InChI is InChI=1S/C29H27N3O13S4/c1-29(2)12-16(14-46(33,34)35)20-9-23-25(45-26-10-22(30)21-7-17(47(36,37)38)5-6-19(21)28(26)31-23)11-24(20)32(29)13-15-3-4-18(48(39,40)41)8-27(15)49(42,43)44/h3-11,16,30H,12-14H2,1-2H3,(H4,33,34,35,36,37,38,39,40,41,42,43,44)/p+1. The lowest BCUT2D eigenvalue weighted by Crippen LogP contribution is -2.53. The summed E-state index contributed by atoms with van der Waals surface area (Å²) in [5, 5.41) is 1.21. The van der Waals surface area contributed by atoms with Crippen molar-refractivity contribution in [2.24, 2.45) is 4.99 Å². The average molecular weight is 755 g/mol. The molecule has 16 nitrogen and oxygen atoms in total. The van der Waals surface area contributed by atoms with Crippen LogP contribution in [0.1, 0.15) is 37.3 Å². The average Bonchev–Trinajstić information content (AvgIpc) is 2.95. The van der Waals surface area contributed by atoms with Gasteiger partial charge in [-0.25, -0.2) is 9.57 Å². The Balaban J connectivity index is 1.63. The van der Waals surface area contributed by atoms with E-state index >= 15 is 0 Å². The molecule has 4 aromatic rings. The van der Waals surface area contributed by atoms with E-state index in [0.717, 1.165) is 12.1 Å². The minimum absolute atomic E-state index is 0.0562. The van der Waals surface area contributed by atoms with Crippen LogP contribution in [0.3, 0.4) is 0 Å². The fourth-order valence-corrected chi connectivity index (χ4v) is 9.01. The smallest absolute Gasteiger partial charge is 0.295 e. The molecule has 260 valence electrons. The maximum Gasteiger partial charge on any atom is 0.295 e. The summed E-state index contributed by atoms with van der Waals surface area (Å²) in [5.74, 6) is -1.13. The van der Waals surface area contributed by atoms with Gasteiger partial charge in [0.25, 0.3) is 40.5 Å². The summed E-state index contributed by atoms with van der Waals surface area (Å²) in [5.41, 5.74) is 5.96. The van der Waals surface area contributed by atoms with Crippen molar-refractivity contribution >= 4 is 62.6 Å². The highest BCUT2D eigenvalue weighted by Crippen LogP contribution is 2.44. The number of nitrogens with zero attached hydrogens (tertiary/aromatic N) is 2. The number of anilines is 1. The Morgan fingerprint density at radius 3 is 2.06 bits per heavy atom. The first kappa shape index (κ1) is 34.8. The minimum Gasteiger partial charge on any atom is -0.452 e. The van der Waals surface area contributed by atoms with E-state index in [1.54, 1.807) is 24.5 Å². The predicted molar refractivity (Wildman–Crippen MR) is 174 cm³/mol. The molecule has 0 fully saturated rings. The molecule has 0 amide bonds. The van der Waals surface area contributed by atoms with Gasteiger partial charge in [0.05, 0.1) is 21.6 Å². The lowest BCUT2D eigenvalue weighted by atomic mass is 9.82. The third-order valence-corrected chi connectivity index (χ3v) is 12.0. The molecule has 0 spiro atoms. The monoisotopic (exact) mass is 754 g/mol. The summed E-state index contributed by atoms with van der Waals surface area (Å²) in [6, 6.07) is 11.0. The van der Waals surface area contributed by atoms with Gasteiger partial charge < -0.3 is 10.5 Å². The SMILES string of the molecule is CC1(C)CC(CS(=O)(=O)O)c2cc3c(cc2=[N+]1Cc1ccc(S(=O)(=O)O)cc1S(=O)(=O)O)Oc1cc(N)c2cc(S(=O)(=O)O)ccc2c1N=3. The number of benzene rings is 4. The van der Waals surface area contributed by atoms with Crippen LogP contribution in [-0.2, 0) is 47.0 Å². The molecule has 4 aromatic carbocycles. The van der Waals surface area contributed by atoms with E-state index in [0.29, 0.717) is 22.4 Å². The summed E-state index contributed by atoms with van der Waals surface area (Å²) in [6.07, 6.45) is 0.109. The van der Waals surface area contributed by atoms with E-state index in [9.17, 15) is 51.9 Å². The van der Waals surface area contributed by atoms with E-state index in [2.05, 4.69) is 0 Å². The van der Waals surface area contributed by atoms with E-state index in [4.69, 9.17) is 15.5 Å². The van der Waals surface area contributed by atoms with E-state index in [1.807, 2.05) is 0 Å². The van der Waals surface area contributed by atoms with Crippen LogP contribution >= 0.6 is 0 Å². The molecule has 1 unspecified atom stereocenters. The Kier molecular flexibility index (Phi) is 8.00. The van der Waals surface area contributed by atoms with Gasteiger partial charge in [-0.3, -0.25) is 18.2 Å². The maximum atomic E-state index is 12.4. The van der Waals surface area contributed by atoms with E-state index in [-0.39, 0.29) is 52.1 Å². The molecule has 0 aromatic heterocycles. The third kappa shape index (κ3) is 6.65. The largest absolute Gasteiger partial charge is 0.452 e. The first-order chi connectivity index (χ1) is 22.4. The molecule has 20 heteroatoms. The Bertz CT molecular complexity index is 2710. The zero-order valence-corrected chi connectivity index (χ0v) is 28.7. The normalized spacial score (nSPS) is 17.4. The quantitative estimate of drug-likeness (QED) is 0.0905.